The van der Waals surface area contributed by atoms with Gasteiger partial charge < -0.3 is 19.7 Å². The van der Waals surface area contributed by atoms with Crippen LogP contribution in [-0.4, -0.2) is 43.5 Å². The zero-order valence-electron chi connectivity index (χ0n) is 20.9. The van der Waals surface area contributed by atoms with Gasteiger partial charge in [-0.2, -0.15) is 4.98 Å². The molecule has 9 heteroatoms. The molecule has 3 aromatic rings. The summed E-state index contributed by atoms with van der Waals surface area (Å²) in [6.07, 6.45) is 3.53. The number of aromatic amines is 1. The van der Waals surface area contributed by atoms with E-state index in [2.05, 4.69) is 29.1 Å². The van der Waals surface area contributed by atoms with E-state index in [1.807, 2.05) is 32.0 Å². The number of rotatable bonds is 12. The minimum Gasteiger partial charge on any atom is -0.491 e. The Kier molecular flexibility index (Phi) is 8.55. The number of hydrogen-bond donors (Lipinski definition) is 3. The molecule has 9 nitrogen and oxygen atoms in total. The Morgan fingerprint density at radius 1 is 1.21 bits per heavy atom. The molecule has 0 aliphatic carbocycles. The monoisotopic (exact) mass is 471 g/mol. The first-order valence-electron chi connectivity index (χ1n) is 12.1. The highest BCUT2D eigenvalue weighted by molar-refractivity contribution is 5.74. The summed E-state index contributed by atoms with van der Waals surface area (Å²) < 4.78 is 8.75. The number of hydrogen-bond acceptors (Lipinski definition) is 6. The number of aromatic nitrogens is 4. The van der Waals surface area contributed by atoms with E-state index in [-0.39, 0.29) is 24.3 Å². The van der Waals surface area contributed by atoms with Crippen molar-refractivity contribution in [1.29, 1.82) is 0 Å². The lowest BCUT2D eigenvalue weighted by Gasteiger charge is -2.18. The zero-order chi connectivity index (χ0) is 24.8. The van der Waals surface area contributed by atoms with Gasteiger partial charge in [0.05, 0.1) is 6.54 Å². The predicted molar refractivity (Wildman–Crippen MR) is 135 cm³/mol. The van der Waals surface area contributed by atoms with E-state index in [0.29, 0.717) is 24.2 Å². The number of fused-ring (bicyclic) bond motifs is 1. The molecule has 1 aromatic carbocycles. The number of aliphatic hydroxyl groups excluding tert-OH is 1. The van der Waals surface area contributed by atoms with E-state index in [1.165, 1.54) is 10.1 Å². The minimum atomic E-state index is -0.891. The second kappa shape index (κ2) is 11.4. The van der Waals surface area contributed by atoms with E-state index >= 15 is 0 Å². The van der Waals surface area contributed by atoms with Crippen molar-refractivity contribution in [2.45, 2.75) is 66.0 Å². The van der Waals surface area contributed by atoms with Crippen molar-refractivity contribution < 1.29 is 9.84 Å². The quantitative estimate of drug-likeness (QED) is 0.374. The van der Waals surface area contributed by atoms with Crippen LogP contribution < -0.4 is 21.3 Å². The Hall–Kier alpha value is -3.07. The molecular weight excluding hydrogens is 434 g/mol. The zero-order valence-corrected chi connectivity index (χ0v) is 20.9. The lowest BCUT2D eigenvalue weighted by Crippen LogP contribution is -2.31. The second-order valence-corrected chi connectivity index (χ2v) is 9.04. The van der Waals surface area contributed by atoms with Gasteiger partial charge in [0.25, 0.3) is 5.56 Å². The maximum Gasteiger partial charge on any atom is 0.329 e. The van der Waals surface area contributed by atoms with Crippen LogP contribution in [0.3, 0.4) is 0 Å². The van der Waals surface area contributed by atoms with E-state index < -0.39 is 17.4 Å². The van der Waals surface area contributed by atoms with Gasteiger partial charge in [-0.05, 0) is 49.4 Å². The second-order valence-electron chi connectivity index (χ2n) is 9.04. The lowest BCUT2D eigenvalue weighted by molar-refractivity contribution is 0.0938. The molecule has 0 spiro atoms. The Morgan fingerprint density at radius 2 is 1.97 bits per heavy atom. The highest BCUT2D eigenvalue weighted by Crippen LogP contribution is 2.20. The molecule has 0 radical (unpaired) electrons. The first-order chi connectivity index (χ1) is 16.2. The van der Waals surface area contributed by atoms with Crippen molar-refractivity contribution in [1.82, 2.24) is 19.1 Å². The molecule has 2 aromatic heterocycles. The fraction of sp³-hybridized carbons (Fsp3) is 0.560. The maximum absolute atomic E-state index is 12.7. The van der Waals surface area contributed by atoms with Gasteiger partial charge in [0.1, 0.15) is 18.5 Å². The maximum atomic E-state index is 12.7. The molecule has 0 amide bonds. The highest BCUT2D eigenvalue weighted by atomic mass is 16.5. The lowest BCUT2D eigenvalue weighted by atomic mass is 9.99. The molecule has 34 heavy (non-hydrogen) atoms. The van der Waals surface area contributed by atoms with Crippen LogP contribution in [0.1, 0.15) is 50.7 Å². The number of aliphatic hydroxyl groups is 1. The van der Waals surface area contributed by atoms with Crippen LogP contribution in [0, 0.1) is 19.8 Å². The molecule has 0 bridgehead atoms. The van der Waals surface area contributed by atoms with Gasteiger partial charge in [0.2, 0.25) is 5.95 Å². The van der Waals surface area contributed by atoms with Gasteiger partial charge in [-0.1, -0.05) is 39.2 Å². The summed E-state index contributed by atoms with van der Waals surface area (Å²) >= 11 is 0. The van der Waals surface area contributed by atoms with Crippen LogP contribution in [0.4, 0.5) is 5.95 Å². The molecule has 2 heterocycles. The van der Waals surface area contributed by atoms with Crippen molar-refractivity contribution in [2.75, 3.05) is 18.5 Å². The summed E-state index contributed by atoms with van der Waals surface area (Å²) in [7, 11) is 1.57. The summed E-state index contributed by atoms with van der Waals surface area (Å²) in [5, 5.41) is 14.1. The highest BCUT2D eigenvalue weighted by Gasteiger charge is 2.20. The third-order valence-corrected chi connectivity index (χ3v) is 6.41. The normalized spacial score (nSPS) is 13.2. The molecule has 0 aliphatic rings. The third-order valence-electron chi connectivity index (χ3n) is 6.41. The SMILES string of the molecule is CCCC[C@@H](CC)CNc1nc2c(c(=O)[nH]c(=O)n2C)n1C[C@@H](O)COc1ccc(C)c(C)c1. The molecular formula is C25H37N5O4. The van der Waals surface area contributed by atoms with E-state index in [9.17, 15) is 14.7 Å². The summed E-state index contributed by atoms with van der Waals surface area (Å²) in [5.74, 6) is 1.60. The molecule has 0 saturated carbocycles. The first kappa shape index (κ1) is 25.6. The van der Waals surface area contributed by atoms with Crippen LogP contribution in [0.2, 0.25) is 0 Å². The average molecular weight is 472 g/mol. The first-order valence-corrected chi connectivity index (χ1v) is 12.1. The van der Waals surface area contributed by atoms with Gasteiger partial charge in [-0.15, -0.1) is 0 Å². The topological polar surface area (TPSA) is 114 Å². The van der Waals surface area contributed by atoms with Crippen molar-refractivity contribution in [3.05, 3.63) is 50.2 Å². The van der Waals surface area contributed by atoms with Crippen LogP contribution in [0.25, 0.3) is 11.2 Å². The van der Waals surface area contributed by atoms with E-state index in [4.69, 9.17) is 4.74 Å². The number of unbranched alkanes of at least 4 members (excludes halogenated alkanes) is 1. The Labute approximate surface area is 199 Å². The van der Waals surface area contributed by atoms with Crippen LogP contribution in [-0.2, 0) is 13.6 Å². The van der Waals surface area contributed by atoms with Crippen molar-refractivity contribution in [3.8, 4) is 5.75 Å². The van der Waals surface area contributed by atoms with Gasteiger partial charge in [-0.25, -0.2) is 4.79 Å². The van der Waals surface area contributed by atoms with Gasteiger partial charge in [0.15, 0.2) is 11.2 Å². The van der Waals surface area contributed by atoms with Gasteiger partial charge in [0, 0.05) is 13.6 Å². The minimum absolute atomic E-state index is 0.0549. The fourth-order valence-corrected chi connectivity index (χ4v) is 3.99. The van der Waals surface area contributed by atoms with Crippen LogP contribution in [0.5, 0.6) is 5.75 Å². The number of nitrogens with one attached hydrogen (secondary N) is 2. The average Bonchev–Trinajstić information content (AvgIpc) is 3.17. The number of nitrogens with zero attached hydrogens (tertiary/aromatic N) is 3. The Balaban J connectivity index is 1.85. The number of H-pyrrole nitrogens is 1. The van der Waals surface area contributed by atoms with Crippen molar-refractivity contribution in [3.63, 3.8) is 0 Å². The molecule has 3 N–H and O–H groups in total. The van der Waals surface area contributed by atoms with Gasteiger partial charge in [-0.3, -0.25) is 14.3 Å². The smallest absolute Gasteiger partial charge is 0.329 e. The van der Waals surface area contributed by atoms with Crippen molar-refractivity contribution in [2.24, 2.45) is 13.0 Å². The predicted octanol–water partition coefficient (Wildman–Crippen LogP) is 3.11. The van der Waals surface area contributed by atoms with Crippen LogP contribution >= 0.6 is 0 Å². The molecule has 3 rings (SSSR count). The molecule has 0 fully saturated rings. The summed E-state index contributed by atoms with van der Waals surface area (Å²) in [5.41, 5.74) is 1.75. The molecule has 0 saturated heterocycles. The number of imidazole rings is 1. The Bertz CT molecular complexity index is 1230. The Morgan fingerprint density at radius 3 is 2.65 bits per heavy atom. The summed E-state index contributed by atoms with van der Waals surface area (Å²) in [6, 6.07) is 5.78. The summed E-state index contributed by atoms with van der Waals surface area (Å²) in [4.78, 5) is 31.7. The van der Waals surface area contributed by atoms with Crippen LogP contribution in [0.15, 0.2) is 27.8 Å². The summed E-state index contributed by atoms with van der Waals surface area (Å²) in [6.45, 7) is 9.22. The number of ether oxygens (including phenoxy) is 1. The van der Waals surface area contributed by atoms with E-state index in [0.717, 1.165) is 31.2 Å². The number of aryl methyl sites for hydroxylation is 3. The van der Waals surface area contributed by atoms with Crippen molar-refractivity contribution >= 4 is 17.1 Å². The third kappa shape index (κ3) is 5.88. The molecule has 186 valence electrons. The van der Waals surface area contributed by atoms with E-state index in [1.54, 1.807) is 11.6 Å². The largest absolute Gasteiger partial charge is 0.491 e. The molecule has 0 unspecified atom stereocenters. The number of benzene rings is 1. The number of anilines is 1. The molecule has 2 atom stereocenters. The fourth-order valence-electron chi connectivity index (χ4n) is 3.99. The van der Waals surface area contributed by atoms with Gasteiger partial charge >= 0.3 is 5.69 Å². The standard InChI is InChI=1S/C25H37N5O4/c1-6-8-9-18(7-2)13-26-24-27-22-21(23(32)28-25(33)29(22)5)30(24)14-19(31)15-34-20-11-10-16(3)17(4)12-20/h10-12,18-19,31H,6-9,13-15H2,1-5H3,(H,26,27)(H,28,32,33)/t18-,19-/m1/s1. The molecule has 0 aliphatic heterocycles.